The smallest absolute Gasteiger partial charge is 0.257 e. The van der Waals surface area contributed by atoms with E-state index in [0.717, 1.165) is 6.26 Å². The third-order valence-electron chi connectivity index (χ3n) is 5.10. The van der Waals surface area contributed by atoms with Crippen molar-refractivity contribution < 1.29 is 27.5 Å². The number of nitrogens with zero attached hydrogens (tertiary/aromatic N) is 1. The van der Waals surface area contributed by atoms with Crippen molar-refractivity contribution in [3.8, 4) is 5.75 Å². The Kier molecular flexibility index (Phi) is 6.33. The van der Waals surface area contributed by atoms with Crippen molar-refractivity contribution >= 4 is 27.5 Å². The Morgan fingerprint density at radius 2 is 2.07 bits per heavy atom. The van der Waals surface area contributed by atoms with Gasteiger partial charge in [-0.15, -0.1) is 0 Å². The monoisotopic (exact) mass is 425 g/mol. The van der Waals surface area contributed by atoms with Gasteiger partial charge in [-0.2, -0.15) is 0 Å². The zero-order chi connectivity index (χ0) is 21.2. The van der Waals surface area contributed by atoms with Crippen LogP contribution in [0.15, 0.2) is 18.2 Å². The summed E-state index contributed by atoms with van der Waals surface area (Å²) in [6, 6.07) is 4.42. The molecule has 0 spiro atoms. The van der Waals surface area contributed by atoms with E-state index in [9.17, 15) is 18.0 Å². The Labute approximate surface area is 170 Å². The van der Waals surface area contributed by atoms with E-state index in [-0.39, 0.29) is 43.1 Å². The molecule has 160 valence electrons. The minimum absolute atomic E-state index is 0.0524. The fraction of sp³-hybridized carbons (Fsp3) is 0.579. The molecule has 3 rings (SSSR count). The van der Waals surface area contributed by atoms with E-state index < -0.39 is 10.0 Å². The van der Waals surface area contributed by atoms with E-state index in [4.69, 9.17) is 9.47 Å². The minimum atomic E-state index is -3.46. The summed E-state index contributed by atoms with van der Waals surface area (Å²) in [4.78, 5) is 26.5. The molecule has 2 amide bonds. The summed E-state index contributed by atoms with van der Waals surface area (Å²) in [5.41, 5.74) is 0.597. The molecule has 1 aromatic carbocycles. The molecule has 3 atom stereocenters. The second-order valence-corrected chi connectivity index (χ2v) is 9.16. The summed E-state index contributed by atoms with van der Waals surface area (Å²) in [5, 5.41) is 2.77. The first-order valence-electron chi connectivity index (χ1n) is 9.62. The van der Waals surface area contributed by atoms with Gasteiger partial charge in [0.05, 0.1) is 30.4 Å². The molecule has 0 radical (unpaired) electrons. The SMILES string of the molecule is CCNC(=O)C[C@@H]1CC[C@H]2[C@@H](COc3ccc(NS(C)(=O)=O)cc3C(=O)N2C)O1. The molecule has 2 aliphatic heterocycles. The molecule has 0 aliphatic carbocycles. The third-order valence-corrected chi connectivity index (χ3v) is 5.71. The molecule has 1 aromatic rings. The van der Waals surface area contributed by atoms with Crippen LogP contribution < -0.4 is 14.8 Å². The van der Waals surface area contributed by atoms with Crippen molar-refractivity contribution in [3.05, 3.63) is 23.8 Å². The zero-order valence-electron chi connectivity index (χ0n) is 16.8. The van der Waals surface area contributed by atoms with E-state index in [2.05, 4.69) is 10.0 Å². The minimum Gasteiger partial charge on any atom is -0.490 e. The molecule has 1 fully saturated rings. The molecule has 0 aromatic heterocycles. The largest absolute Gasteiger partial charge is 0.490 e. The summed E-state index contributed by atoms with van der Waals surface area (Å²) in [7, 11) is -1.75. The van der Waals surface area contributed by atoms with Crippen molar-refractivity contribution in [1.29, 1.82) is 0 Å². The zero-order valence-corrected chi connectivity index (χ0v) is 17.6. The lowest BCUT2D eigenvalue weighted by molar-refractivity contribution is -0.133. The number of hydrogen-bond donors (Lipinski definition) is 2. The topological polar surface area (TPSA) is 114 Å². The highest BCUT2D eigenvalue weighted by Gasteiger charge is 2.39. The Morgan fingerprint density at radius 3 is 2.76 bits per heavy atom. The maximum Gasteiger partial charge on any atom is 0.257 e. The van der Waals surface area contributed by atoms with Crippen LogP contribution in [0.25, 0.3) is 0 Å². The molecule has 0 unspecified atom stereocenters. The molecule has 1 saturated heterocycles. The Hall–Kier alpha value is -2.33. The molecule has 0 bridgehead atoms. The maximum absolute atomic E-state index is 13.1. The van der Waals surface area contributed by atoms with Crippen LogP contribution in [-0.4, -0.2) is 69.8 Å². The average Bonchev–Trinajstić information content (AvgIpc) is 2.64. The number of ether oxygens (including phenoxy) is 2. The maximum atomic E-state index is 13.1. The average molecular weight is 426 g/mol. The van der Waals surface area contributed by atoms with Crippen LogP contribution in [0.1, 0.15) is 36.5 Å². The van der Waals surface area contributed by atoms with Crippen LogP contribution in [-0.2, 0) is 19.6 Å². The number of amides is 2. The molecule has 29 heavy (non-hydrogen) atoms. The van der Waals surface area contributed by atoms with Gasteiger partial charge in [0.1, 0.15) is 18.5 Å². The number of carbonyl (C=O) groups excluding carboxylic acids is 2. The highest BCUT2D eigenvalue weighted by Crippen LogP contribution is 2.32. The van der Waals surface area contributed by atoms with Gasteiger partial charge in [-0.1, -0.05) is 0 Å². The van der Waals surface area contributed by atoms with Crippen LogP contribution in [0.3, 0.4) is 0 Å². The van der Waals surface area contributed by atoms with Crippen molar-refractivity contribution in [2.24, 2.45) is 0 Å². The van der Waals surface area contributed by atoms with Gasteiger partial charge in [0.2, 0.25) is 15.9 Å². The quantitative estimate of drug-likeness (QED) is 0.727. The van der Waals surface area contributed by atoms with Crippen LogP contribution in [0, 0.1) is 0 Å². The van der Waals surface area contributed by atoms with Crippen LogP contribution in [0.4, 0.5) is 5.69 Å². The summed E-state index contributed by atoms with van der Waals surface area (Å²) in [6.07, 6.45) is 2.13. The summed E-state index contributed by atoms with van der Waals surface area (Å²) in [6.45, 7) is 2.68. The van der Waals surface area contributed by atoms with Gasteiger partial charge >= 0.3 is 0 Å². The lowest BCUT2D eigenvalue weighted by atomic mass is 9.94. The number of nitrogens with one attached hydrogen (secondary N) is 2. The van der Waals surface area contributed by atoms with Gasteiger partial charge in [-0.05, 0) is 38.0 Å². The first kappa shape index (κ1) is 21.4. The van der Waals surface area contributed by atoms with Gasteiger partial charge in [0.15, 0.2) is 0 Å². The van der Waals surface area contributed by atoms with Crippen LogP contribution in [0.5, 0.6) is 5.75 Å². The molecule has 0 saturated carbocycles. The number of hydrogen-bond acceptors (Lipinski definition) is 6. The van der Waals surface area contributed by atoms with E-state index in [1.165, 1.54) is 6.07 Å². The fourth-order valence-electron chi connectivity index (χ4n) is 3.78. The van der Waals surface area contributed by atoms with E-state index in [1.54, 1.807) is 24.1 Å². The predicted molar refractivity (Wildman–Crippen MR) is 107 cm³/mol. The summed E-state index contributed by atoms with van der Waals surface area (Å²) < 4.78 is 37.3. The molecular weight excluding hydrogens is 398 g/mol. The molecule has 10 heteroatoms. The lowest BCUT2D eigenvalue weighted by Crippen LogP contribution is -2.53. The predicted octanol–water partition coefficient (Wildman–Crippen LogP) is 0.965. The number of likely N-dealkylation sites (N-methyl/N-ethyl adjacent to an activating group) is 1. The first-order chi connectivity index (χ1) is 13.7. The van der Waals surface area contributed by atoms with Crippen molar-refractivity contribution in [1.82, 2.24) is 10.2 Å². The van der Waals surface area contributed by atoms with Gasteiger partial charge < -0.3 is 19.7 Å². The molecular formula is C19H27N3O6S. The van der Waals surface area contributed by atoms with Crippen LogP contribution in [0.2, 0.25) is 0 Å². The molecule has 2 N–H and O–H groups in total. The van der Waals surface area contributed by atoms with Gasteiger partial charge in [0, 0.05) is 19.3 Å². The van der Waals surface area contributed by atoms with Crippen molar-refractivity contribution in [2.75, 3.05) is 31.2 Å². The summed E-state index contributed by atoms with van der Waals surface area (Å²) >= 11 is 0. The van der Waals surface area contributed by atoms with Gasteiger partial charge in [0.25, 0.3) is 5.91 Å². The van der Waals surface area contributed by atoms with E-state index >= 15 is 0 Å². The highest BCUT2D eigenvalue weighted by atomic mass is 32.2. The number of anilines is 1. The second-order valence-electron chi connectivity index (χ2n) is 7.41. The molecule has 2 aliphatic rings. The number of benzene rings is 1. The van der Waals surface area contributed by atoms with Gasteiger partial charge in [-0.3, -0.25) is 14.3 Å². The summed E-state index contributed by atoms with van der Waals surface area (Å²) in [5.74, 6) is 0.0508. The number of rotatable bonds is 5. The first-order valence-corrected chi connectivity index (χ1v) is 11.5. The highest BCUT2D eigenvalue weighted by molar-refractivity contribution is 7.92. The normalized spacial score (nSPS) is 24.4. The fourth-order valence-corrected chi connectivity index (χ4v) is 4.34. The van der Waals surface area contributed by atoms with Crippen molar-refractivity contribution in [3.63, 3.8) is 0 Å². The number of fused-ring (bicyclic) bond motifs is 2. The lowest BCUT2D eigenvalue weighted by Gasteiger charge is -2.42. The van der Waals surface area contributed by atoms with Crippen LogP contribution >= 0.6 is 0 Å². The molecule has 2 heterocycles. The van der Waals surface area contributed by atoms with Gasteiger partial charge in [-0.25, -0.2) is 8.42 Å². The van der Waals surface area contributed by atoms with Crippen molar-refractivity contribution in [2.45, 2.75) is 44.4 Å². The molecule has 9 nitrogen and oxygen atoms in total. The Morgan fingerprint density at radius 1 is 1.31 bits per heavy atom. The number of sulfonamides is 1. The Balaban J connectivity index is 1.79. The second kappa shape index (κ2) is 8.58. The standard InChI is InChI=1S/C19H27N3O6S/c1-4-20-18(23)10-13-6-7-15-17(28-13)11-27-16-8-5-12(21-29(3,25)26)9-14(16)19(24)22(15)2/h5,8-9,13,15,17,21H,4,6-7,10-11H2,1-3H3,(H,20,23)/t13-,15-,17+/m0/s1. The number of carbonyl (C=O) groups is 2. The Bertz CT molecular complexity index is 888. The third kappa shape index (κ3) is 5.18. The van der Waals surface area contributed by atoms with E-state index in [1.807, 2.05) is 6.92 Å². The van der Waals surface area contributed by atoms with E-state index in [0.29, 0.717) is 36.4 Å².